The lowest BCUT2D eigenvalue weighted by molar-refractivity contribution is 0.428. The van der Waals surface area contributed by atoms with Crippen molar-refractivity contribution in [3.63, 3.8) is 0 Å². The van der Waals surface area contributed by atoms with Crippen molar-refractivity contribution in [3.05, 3.63) is 70.2 Å². The first kappa shape index (κ1) is 27.9. The number of benzene rings is 1. The molecule has 1 aliphatic carbocycles. The summed E-state index contributed by atoms with van der Waals surface area (Å²) in [6, 6.07) is 4.43. The van der Waals surface area contributed by atoms with Crippen molar-refractivity contribution >= 4 is 37.5 Å². The molecular formula is C24H30FN7O4S2. The topological polar surface area (TPSA) is 168 Å². The standard InChI is InChI=1S/C24H30FN7O4S2/c1-15-6-7-20(13-22(15)37(26,33)34)30-24-28-14-21(25)23(31-24)29-19-5-3-4-17(12-19)16(2)38(35,36)32-18-8-10-27-11-9-18/h3-7,13-14,18,27,32H,8-12H2,1-2H3,(H2,26,33,34)(H2,28,29,30,31). The molecule has 1 fully saturated rings. The summed E-state index contributed by atoms with van der Waals surface area (Å²) in [4.78, 5) is 8.23. The van der Waals surface area contributed by atoms with E-state index in [-0.39, 0.29) is 34.0 Å². The summed E-state index contributed by atoms with van der Waals surface area (Å²) in [5, 5.41) is 14.2. The number of primary sulfonamides is 1. The Hall–Kier alpha value is -3.17. The van der Waals surface area contributed by atoms with E-state index in [9.17, 15) is 21.2 Å². The molecule has 1 saturated heterocycles. The van der Waals surface area contributed by atoms with E-state index in [1.165, 1.54) is 6.07 Å². The summed E-state index contributed by atoms with van der Waals surface area (Å²) in [6.45, 7) is 4.69. The van der Waals surface area contributed by atoms with Gasteiger partial charge in [0.15, 0.2) is 11.6 Å². The van der Waals surface area contributed by atoms with Gasteiger partial charge in [0.1, 0.15) is 0 Å². The van der Waals surface area contributed by atoms with Crippen LogP contribution in [0.4, 0.5) is 21.8 Å². The maximum absolute atomic E-state index is 14.6. The molecule has 0 saturated carbocycles. The predicted octanol–water partition coefficient (Wildman–Crippen LogP) is 2.52. The molecular weight excluding hydrogens is 533 g/mol. The number of aryl methyl sites for hydroxylation is 1. The molecule has 6 N–H and O–H groups in total. The average molecular weight is 564 g/mol. The quantitative estimate of drug-likeness (QED) is 0.324. The van der Waals surface area contributed by atoms with Crippen molar-refractivity contribution in [3.8, 4) is 0 Å². The zero-order valence-corrected chi connectivity index (χ0v) is 22.6. The summed E-state index contributed by atoms with van der Waals surface area (Å²) in [5.41, 5.74) is 1.93. The van der Waals surface area contributed by atoms with Crippen LogP contribution in [-0.2, 0) is 20.0 Å². The van der Waals surface area contributed by atoms with Crippen LogP contribution in [0.1, 0.15) is 31.7 Å². The van der Waals surface area contributed by atoms with Gasteiger partial charge in [-0.25, -0.2) is 36.1 Å². The normalized spacial score (nSPS) is 18.2. The summed E-state index contributed by atoms with van der Waals surface area (Å²) in [6.07, 6.45) is 7.74. The lowest BCUT2D eigenvalue weighted by atomic mass is 10.0. The van der Waals surface area contributed by atoms with E-state index in [1.807, 2.05) is 0 Å². The van der Waals surface area contributed by atoms with E-state index >= 15 is 0 Å². The summed E-state index contributed by atoms with van der Waals surface area (Å²) < 4.78 is 66.9. The Morgan fingerprint density at radius 2 is 1.89 bits per heavy atom. The van der Waals surface area contributed by atoms with Gasteiger partial charge < -0.3 is 16.0 Å². The molecule has 11 nitrogen and oxygen atoms in total. The van der Waals surface area contributed by atoms with Crippen molar-refractivity contribution in [1.29, 1.82) is 0 Å². The predicted molar refractivity (Wildman–Crippen MR) is 144 cm³/mol. The van der Waals surface area contributed by atoms with Gasteiger partial charge in [-0.2, -0.15) is 4.98 Å². The minimum Gasteiger partial charge on any atom is -0.341 e. The van der Waals surface area contributed by atoms with Gasteiger partial charge in [0.05, 0.1) is 16.0 Å². The van der Waals surface area contributed by atoms with Crippen LogP contribution >= 0.6 is 0 Å². The van der Waals surface area contributed by atoms with Crippen molar-refractivity contribution < 1.29 is 21.2 Å². The monoisotopic (exact) mass is 563 g/mol. The molecule has 0 atom stereocenters. The molecule has 1 aromatic carbocycles. The zero-order valence-electron chi connectivity index (χ0n) is 21.0. The Kier molecular flexibility index (Phi) is 8.28. The number of sulfonamides is 2. The van der Waals surface area contributed by atoms with Crippen molar-refractivity contribution in [2.45, 2.75) is 44.0 Å². The minimum absolute atomic E-state index is 0.0192. The number of anilines is 3. The maximum Gasteiger partial charge on any atom is 0.238 e. The lowest BCUT2D eigenvalue weighted by Crippen LogP contribution is -2.42. The Morgan fingerprint density at radius 1 is 1.16 bits per heavy atom. The third-order valence-electron chi connectivity index (χ3n) is 6.27. The second-order valence-electron chi connectivity index (χ2n) is 9.12. The molecule has 0 spiro atoms. The van der Waals surface area contributed by atoms with Crippen LogP contribution in [0.2, 0.25) is 0 Å². The number of aromatic nitrogens is 2. The number of nitrogens with one attached hydrogen (secondary N) is 4. The van der Waals surface area contributed by atoms with Crippen LogP contribution in [0.3, 0.4) is 0 Å². The first-order valence-electron chi connectivity index (χ1n) is 11.9. The van der Waals surface area contributed by atoms with E-state index in [0.717, 1.165) is 32.1 Å². The van der Waals surface area contributed by atoms with Gasteiger partial charge in [-0.15, -0.1) is 0 Å². The smallest absolute Gasteiger partial charge is 0.238 e. The van der Waals surface area contributed by atoms with Crippen LogP contribution < -0.4 is 25.8 Å². The molecule has 38 heavy (non-hydrogen) atoms. The number of hydrogen-bond donors (Lipinski definition) is 5. The van der Waals surface area contributed by atoms with Crippen LogP contribution in [0.25, 0.3) is 0 Å². The highest BCUT2D eigenvalue weighted by Gasteiger charge is 2.24. The van der Waals surface area contributed by atoms with E-state index < -0.39 is 25.9 Å². The van der Waals surface area contributed by atoms with Gasteiger partial charge in [-0.1, -0.05) is 18.2 Å². The third kappa shape index (κ3) is 6.82. The SMILES string of the molecule is CC(=C1C=CC=C(Nc2nc(Nc3ccc(C)c(S(N)(=O)=O)c3)ncc2F)C1)S(=O)(=O)NC1CCNCC1. The minimum atomic E-state index is -3.94. The van der Waals surface area contributed by atoms with Crippen LogP contribution in [0.5, 0.6) is 0 Å². The number of nitrogens with two attached hydrogens (primary N) is 1. The molecule has 0 amide bonds. The number of nitrogens with zero attached hydrogens (tertiary/aromatic N) is 2. The van der Waals surface area contributed by atoms with Gasteiger partial charge in [-0.05, 0) is 69.1 Å². The van der Waals surface area contributed by atoms with Crippen molar-refractivity contribution in [1.82, 2.24) is 20.0 Å². The summed E-state index contributed by atoms with van der Waals surface area (Å²) >= 11 is 0. The fourth-order valence-electron chi connectivity index (χ4n) is 4.13. The van der Waals surface area contributed by atoms with E-state index in [0.29, 0.717) is 22.5 Å². The van der Waals surface area contributed by atoms with Gasteiger partial charge >= 0.3 is 0 Å². The van der Waals surface area contributed by atoms with Crippen molar-refractivity contribution in [2.24, 2.45) is 5.14 Å². The molecule has 2 aromatic rings. The Bertz CT molecular complexity index is 1530. The highest BCUT2D eigenvalue weighted by molar-refractivity contribution is 7.93. The number of hydrogen-bond acceptors (Lipinski definition) is 9. The third-order valence-corrected chi connectivity index (χ3v) is 9.03. The lowest BCUT2D eigenvalue weighted by Gasteiger charge is -2.24. The number of rotatable bonds is 8. The Balaban J connectivity index is 1.50. The molecule has 2 heterocycles. The van der Waals surface area contributed by atoms with Gasteiger partial charge in [0.2, 0.25) is 26.0 Å². The zero-order chi connectivity index (χ0) is 27.5. The molecule has 0 radical (unpaired) electrons. The first-order chi connectivity index (χ1) is 17.9. The highest BCUT2D eigenvalue weighted by atomic mass is 32.2. The second-order valence-corrected chi connectivity index (χ2v) is 12.5. The largest absolute Gasteiger partial charge is 0.341 e. The molecule has 14 heteroatoms. The molecule has 204 valence electrons. The van der Waals surface area contributed by atoms with E-state index in [1.54, 1.807) is 44.2 Å². The molecule has 4 rings (SSSR count). The van der Waals surface area contributed by atoms with Crippen LogP contribution in [-0.4, -0.2) is 45.9 Å². The number of halogens is 1. The number of allylic oxidation sites excluding steroid dienone is 5. The van der Waals surface area contributed by atoms with Gasteiger partial charge in [0, 0.05) is 23.8 Å². The Labute approximate surface area is 221 Å². The van der Waals surface area contributed by atoms with Crippen molar-refractivity contribution in [2.75, 3.05) is 23.7 Å². The van der Waals surface area contributed by atoms with Crippen LogP contribution in [0.15, 0.2) is 63.7 Å². The van der Waals surface area contributed by atoms with Gasteiger partial charge in [-0.3, -0.25) is 0 Å². The van der Waals surface area contributed by atoms with E-state index in [2.05, 4.69) is 30.6 Å². The average Bonchev–Trinajstić information content (AvgIpc) is 2.86. The number of piperidine rings is 1. The molecule has 1 aliphatic heterocycles. The highest BCUT2D eigenvalue weighted by Crippen LogP contribution is 2.27. The fraction of sp³-hybridized carbons (Fsp3) is 0.333. The Morgan fingerprint density at radius 3 is 2.61 bits per heavy atom. The molecule has 0 unspecified atom stereocenters. The van der Waals surface area contributed by atoms with E-state index in [4.69, 9.17) is 5.14 Å². The molecule has 1 aromatic heterocycles. The summed E-state index contributed by atoms with van der Waals surface area (Å²) in [7, 11) is -7.62. The first-order valence-corrected chi connectivity index (χ1v) is 15.0. The maximum atomic E-state index is 14.6. The van der Waals surface area contributed by atoms with Crippen LogP contribution in [0, 0.1) is 12.7 Å². The molecule has 2 aliphatic rings. The molecule has 0 bridgehead atoms. The fourth-order valence-corrected chi connectivity index (χ4v) is 6.28. The summed E-state index contributed by atoms with van der Waals surface area (Å²) in [5.74, 6) is -0.830. The second kappa shape index (κ2) is 11.3. The van der Waals surface area contributed by atoms with Gasteiger partial charge in [0.25, 0.3) is 0 Å².